The Kier molecular flexibility index (Phi) is 3.89. The van der Waals surface area contributed by atoms with E-state index >= 15 is 0 Å². The first-order valence-electron chi connectivity index (χ1n) is 7.77. The van der Waals surface area contributed by atoms with Crippen molar-refractivity contribution in [2.45, 2.75) is 0 Å². The molecule has 0 unspecified atom stereocenters. The maximum absolute atomic E-state index is 6.24. The Morgan fingerprint density at radius 2 is 1.50 bits per heavy atom. The van der Waals surface area contributed by atoms with Gasteiger partial charge < -0.3 is 4.98 Å². The molecule has 0 spiro atoms. The van der Waals surface area contributed by atoms with Gasteiger partial charge in [0, 0.05) is 33.3 Å². The van der Waals surface area contributed by atoms with Gasteiger partial charge in [0.05, 0.1) is 11.4 Å². The number of H-pyrrole nitrogens is 1. The van der Waals surface area contributed by atoms with Crippen molar-refractivity contribution in [1.29, 1.82) is 0 Å². The number of halogens is 1. The van der Waals surface area contributed by atoms with Gasteiger partial charge >= 0.3 is 0 Å². The minimum Gasteiger partial charge on any atom is -0.353 e. The smallest absolute Gasteiger partial charge is 0.0963 e. The summed E-state index contributed by atoms with van der Waals surface area (Å²) in [4.78, 5) is 8.25. The molecule has 0 saturated heterocycles. The molecule has 0 aliphatic carbocycles. The van der Waals surface area contributed by atoms with Crippen LogP contribution in [0.25, 0.3) is 22.2 Å². The third-order valence-corrected chi connectivity index (χ3v) is 4.32. The Balaban J connectivity index is 1.89. The SMILES string of the molecule is Clc1ccccc1C=Nc1c(-c2ccccc2)[nH]c2ccccc12. The topological polar surface area (TPSA) is 28.1 Å². The minimum atomic E-state index is 0.697. The zero-order chi connectivity index (χ0) is 16.4. The van der Waals surface area contributed by atoms with E-state index in [9.17, 15) is 0 Å². The zero-order valence-corrected chi connectivity index (χ0v) is 13.7. The summed E-state index contributed by atoms with van der Waals surface area (Å²) in [6.45, 7) is 0. The molecular weight excluding hydrogens is 316 g/mol. The molecule has 0 aliphatic heterocycles. The van der Waals surface area contributed by atoms with Gasteiger partial charge in [-0.05, 0) is 12.1 Å². The van der Waals surface area contributed by atoms with Crippen LogP contribution in [0.3, 0.4) is 0 Å². The second kappa shape index (κ2) is 6.34. The molecule has 4 rings (SSSR count). The second-order valence-electron chi connectivity index (χ2n) is 5.54. The quantitative estimate of drug-likeness (QED) is 0.431. The van der Waals surface area contributed by atoms with E-state index < -0.39 is 0 Å². The number of aromatic nitrogens is 1. The van der Waals surface area contributed by atoms with Gasteiger partial charge in [0.1, 0.15) is 0 Å². The summed E-state index contributed by atoms with van der Waals surface area (Å²) in [5, 5.41) is 1.79. The molecule has 2 nitrogen and oxygen atoms in total. The van der Waals surface area contributed by atoms with Crippen LogP contribution in [0, 0.1) is 0 Å². The van der Waals surface area contributed by atoms with Crippen molar-refractivity contribution < 1.29 is 0 Å². The molecule has 116 valence electrons. The molecular formula is C21H15ClN2. The fraction of sp³-hybridized carbons (Fsp3) is 0. The van der Waals surface area contributed by atoms with Crippen LogP contribution in [0.5, 0.6) is 0 Å². The lowest BCUT2D eigenvalue weighted by molar-refractivity contribution is 1.43. The van der Waals surface area contributed by atoms with Crippen LogP contribution in [0.4, 0.5) is 5.69 Å². The maximum Gasteiger partial charge on any atom is 0.0963 e. The van der Waals surface area contributed by atoms with E-state index in [0.717, 1.165) is 33.4 Å². The Morgan fingerprint density at radius 1 is 0.792 bits per heavy atom. The van der Waals surface area contributed by atoms with Crippen molar-refractivity contribution in [3.63, 3.8) is 0 Å². The number of fused-ring (bicyclic) bond motifs is 1. The van der Waals surface area contributed by atoms with Crippen LogP contribution < -0.4 is 0 Å². The largest absolute Gasteiger partial charge is 0.353 e. The van der Waals surface area contributed by atoms with Gasteiger partial charge in [-0.1, -0.05) is 78.3 Å². The van der Waals surface area contributed by atoms with E-state index in [1.54, 1.807) is 0 Å². The van der Waals surface area contributed by atoms with E-state index in [4.69, 9.17) is 16.6 Å². The van der Waals surface area contributed by atoms with Crippen molar-refractivity contribution in [2.75, 3.05) is 0 Å². The minimum absolute atomic E-state index is 0.697. The van der Waals surface area contributed by atoms with Crippen LogP contribution in [-0.4, -0.2) is 11.2 Å². The molecule has 0 aliphatic rings. The molecule has 0 atom stereocenters. The van der Waals surface area contributed by atoms with Gasteiger partial charge in [-0.15, -0.1) is 0 Å². The Labute approximate surface area is 145 Å². The molecule has 4 aromatic rings. The van der Waals surface area contributed by atoms with Gasteiger partial charge in [-0.2, -0.15) is 0 Å². The molecule has 0 saturated carbocycles. The van der Waals surface area contributed by atoms with Gasteiger partial charge in [-0.25, -0.2) is 0 Å². The van der Waals surface area contributed by atoms with E-state index in [0.29, 0.717) is 5.02 Å². The van der Waals surface area contributed by atoms with E-state index in [2.05, 4.69) is 29.2 Å². The van der Waals surface area contributed by atoms with Crippen molar-refractivity contribution >= 4 is 34.4 Å². The van der Waals surface area contributed by atoms with Gasteiger partial charge in [0.2, 0.25) is 0 Å². The predicted octanol–water partition coefficient (Wildman–Crippen LogP) is 6.24. The normalized spacial score (nSPS) is 11.4. The highest BCUT2D eigenvalue weighted by Crippen LogP contribution is 2.37. The summed E-state index contributed by atoms with van der Waals surface area (Å²) in [5.41, 5.74) is 5.03. The molecule has 24 heavy (non-hydrogen) atoms. The number of nitrogens with one attached hydrogen (secondary N) is 1. The zero-order valence-electron chi connectivity index (χ0n) is 12.9. The van der Waals surface area contributed by atoms with Crippen LogP contribution in [0.15, 0.2) is 83.9 Å². The average molecular weight is 331 g/mol. The van der Waals surface area contributed by atoms with Crippen molar-refractivity contribution in [1.82, 2.24) is 4.98 Å². The summed E-state index contributed by atoms with van der Waals surface area (Å²) < 4.78 is 0. The number of rotatable bonds is 3. The maximum atomic E-state index is 6.24. The van der Waals surface area contributed by atoms with Crippen LogP contribution in [0.1, 0.15) is 5.56 Å². The number of aromatic amines is 1. The summed E-state index contributed by atoms with van der Waals surface area (Å²) in [5.74, 6) is 0. The lowest BCUT2D eigenvalue weighted by Crippen LogP contribution is -1.82. The van der Waals surface area contributed by atoms with E-state index in [1.165, 1.54) is 0 Å². The predicted molar refractivity (Wildman–Crippen MR) is 102 cm³/mol. The van der Waals surface area contributed by atoms with E-state index in [1.807, 2.05) is 60.8 Å². The third-order valence-electron chi connectivity index (χ3n) is 3.98. The highest BCUT2D eigenvalue weighted by atomic mass is 35.5. The van der Waals surface area contributed by atoms with Crippen LogP contribution in [-0.2, 0) is 0 Å². The van der Waals surface area contributed by atoms with Crippen molar-refractivity contribution in [3.05, 3.63) is 89.4 Å². The van der Waals surface area contributed by atoms with Crippen molar-refractivity contribution in [2.24, 2.45) is 4.99 Å². The fourth-order valence-electron chi connectivity index (χ4n) is 2.79. The number of benzene rings is 3. The summed E-state index contributed by atoms with van der Waals surface area (Å²) >= 11 is 6.24. The van der Waals surface area contributed by atoms with Gasteiger partial charge in [0.15, 0.2) is 0 Å². The van der Waals surface area contributed by atoms with Gasteiger partial charge in [-0.3, -0.25) is 4.99 Å². The monoisotopic (exact) mass is 330 g/mol. The number of para-hydroxylation sites is 1. The number of aliphatic imine (C=N–C) groups is 1. The lowest BCUT2D eigenvalue weighted by Gasteiger charge is -2.01. The van der Waals surface area contributed by atoms with Crippen LogP contribution in [0.2, 0.25) is 5.02 Å². The first-order chi connectivity index (χ1) is 11.8. The molecule has 1 N–H and O–H groups in total. The Morgan fingerprint density at radius 3 is 2.33 bits per heavy atom. The first kappa shape index (κ1) is 14.7. The van der Waals surface area contributed by atoms with Crippen LogP contribution >= 0.6 is 11.6 Å². The third kappa shape index (κ3) is 2.72. The highest BCUT2D eigenvalue weighted by molar-refractivity contribution is 6.33. The highest BCUT2D eigenvalue weighted by Gasteiger charge is 2.11. The Bertz CT molecular complexity index is 1020. The first-order valence-corrected chi connectivity index (χ1v) is 8.15. The standard InChI is InChI=1S/C21H15ClN2/c22-18-12-6-4-10-16(18)14-23-21-17-11-5-7-13-19(17)24-20(21)15-8-2-1-3-9-15/h1-14,24H. The molecule has 0 amide bonds. The Hall–Kier alpha value is -2.84. The molecule has 0 radical (unpaired) electrons. The molecule has 3 heteroatoms. The lowest BCUT2D eigenvalue weighted by atomic mass is 10.1. The summed E-state index contributed by atoms with van der Waals surface area (Å²) in [6, 6.07) is 26.1. The second-order valence-corrected chi connectivity index (χ2v) is 5.95. The van der Waals surface area contributed by atoms with Crippen molar-refractivity contribution in [3.8, 4) is 11.3 Å². The van der Waals surface area contributed by atoms with E-state index in [-0.39, 0.29) is 0 Å². The average Bonchev–Trinajstić information content (AvgIpc) is 3.00. The number of hydrogen-bond donors (Lipinski definition) is 1. The fourth-order valence-corrected chi connectivity index (χ4v) is 2.97. The molecule has 1 heterocycles. The number of hydrogen-bond acceptors (Lipinski definition) is 1. The molecule has 0 fully saturated rings. The molecule has 1 aromatic heterocycles. The molecule has 3 aromatic carbocycles. The summed E-state index contributed by atoms with van der Waals surface area (Å²) in [7, 11) is 0. The number of nitrogens with zero attached hydrogens (tertiary/aromatic N) is 1. The van der Waals surface area contributed by atoms with Gasteiger partial charge in [0.25, 0.3) is 0 Å². The summed E-state index contributed by atoms with van der Waals surface area (Å²) in [6.07, 6.45) is 1.82. The molecule has 0 bridgehead atoms.